The molecule has 1 fully saturated rings. The Balaban J connectivity index is 1.78. The summed E-state index contributed by atoms with van der Waals surface area (Å²) in [6.07, 6.45) is 1.92. The molecule has 1 aliphatic rings. The van der Waals surface area contributed by atoms with Crippen molar-refractivity contribution in [1.29, 1.82) is 5.26 Å². The third-order valence-corrected chi connectivity index (χ3v) is 4.38. The highest BCUT2D eigenvalue weighted by Gasteiger charge is 2.34. The predicted molar refractivity (Wildman–Crippen MR) is 86.2 cm³/mol. The smallest absolute Gasteiger partial charge is 0.270 e. The molecule has 7 heteroatoms. The Hall–Kier alpha value is -2.72. The summed E-state index contributed by atoms with van der Waals surface area (Å²) in [6, 6.07) is 5.00. The maximum Gasteiger partial charge on any atom is 0.270 e. The van der Waals surface area contributed by atoms with Gasteiger partial charge in [0.05, 0.1) is 17.3 Å². The normalized spacial score (nSPS) is 19.9. The molecule has 24 heavy (non-hydrogen) atoms. The van der Waals surface area contributed by atoms with Gasteiger partial charge in [-0.3, -0.25) is 9.48 Å². The van der Waals surface area contributed by atoms with Crippen molar-refractivity contribution in [2.75, 3.05) is 6.61 Å². The average molecular weight is 325 g/mol. The average Bonchev–Trinajstić information content (AvgIpc) is 3.11. The van der Waals surface area contributed by atoms with Crippen LogP contribution in [0, 0.1) is 25.2 Å². The lowest BCUT2D eigenvalue weighted by Crippen LogP contribution is -2.37. The minimum Gasteiger partial charge on any atom is -0.371 e. The number of nitrogens with one attached hydrogen (secondary N) is 1. The second kappa shape index (κ2) is 6.42. The fraction of sp³-hybridized carbons (Fsp3) is 0.412. The van der Waals surface area contributed by atoms with Crippen LogP contribution in [0.15, 0.2) is 18.3 Å². The molecule has 0 saturated carbocycles. The lowest BCUT2D eigenvalue weighted by molar-refractivity contribution is 0.0813. The van der Waals surface area contributed by atoms with Gasteiger partial charge < -0.3 is 10.1 Å². The first kappa shape index (κ1) is 16.1. The number of nitriles is 1. The molecule has 1 saturated heterocycles. The van der Waals surface area contributed by atoms with Gasteiger partial charge >= 0.3 is 0 Å². The number of aryl methyl sites for hydroxylation is 2. The molecule has 3 rings (SSSR count). The molecule has 2 atom stereocenters. The standard InChI is InChI=1S/C17H19N5O2/c1-10-15(11(2)22(3)21-10)16-13(6-7-24-16)20-17(23)14-5-4-12(8-18)9-19-14/h4-5,9,13,16H,6-7H2,1-3H3,(H,20,23)/t13-,16-/m0/s1. The number of carbonyl (C=O) groups is 1. The second-order valence-corrected chi connectivity index (χ2v) is 5.91. The summed E-state index contributed by atoms with van der Waals surface area (Å²) in [5.74, 6) is -0.265. The number of rotatable bonds is 3. The highest BCUT2D eigenvalue weighted by molar-refractivity contribution is 5.92. The lowest BCUT2D eigenvalue weighted by Gasteiger charge is -2.20. The Morgan fingerprint density at radius 3 is 2.83 bits per heavy atom. The number of amides is 1. The molecule has 3 heterocycles. The molecule has 2 aromatic rings. The largest absolute Gasteiger partial charge is 0.371 e. The van der Waals surface area contributed by atoms with Crippen molar-refractivity contribution < 1.29 is 9.53 Å². The molecule has 7 nitrogen and oxygen atoms in total. The van der Waals surface area contributed by atoms with Gasteiger partial charge in [0.15, 0.2) is 0 Å². The Morgan fingerprint density at radius 1 is 1.46 bits per heavy atom. The predicted octanol–water partition coefficient (Wildman–Crippen LogP) is 1.56. The van der Waals surface area contributed by atoms with E-state index in [4.69, 9.17) is 10.00 Å². The van der Waals surface area contributed by atoms with Gasteiger partial charge in [-0.25, -0.2) is 4.98 Å². The first-order chi connectivity index (χ1) is 11.5. The van der Waals surface area contributed by atoms with Crippen LogP contribution >= 0.6 is 0 Å². The molecular formula is C17H19N5O2. The third kappa shape index (κ3) is 2.88. The van der Waals surface area contributed by atoms with E-state index in [2.05, 4.69) is 15.4 Å². The van der Waals surface area contributed by atoms with Gasteiger partial charge in [-0.1, -0.05) is 0 Å². The lowest BCUT2D eigenvalue weighted by atomic mass is 10.00. The zero-order chi connectivity index (χ0) is 17.3. The summed E-state index contributed by atoms with van der Waals surface area (Å²) in [5.41, 5.74) is 3.70. The molecule has 0 radical (unpaired) electrons. The number of nitrogens with zero attached hydrogens (tertiary/aromatic N) is 4. The molecule has 2 aromatic heterocycles. The summed E-state index contributed by atoms with van der Waals surface area (Å²) in [4.78, 5) is 16.5. The van der Waals surface area contributed by atoms with E-state index in [9.17, 15) is 4.79 Å². The first-order valence-electron chi connectivity index (χ1n) is 7.80. The summed E-state index contributed by atoms with van der Waals surface area (Å²) < 4.78 is 7.70. The molecule has 1 aliphatic heterocycles. The molecule has 0 aliphatic carbocycles. The van der Waals surface area contributed by atoms with Gasteiger partial charge in [0.1, 0.15) is 17.9 Å². The number of pyridine rings is 1. The fourth-order valence-electron chi connectivity index (χ4n) is 3.06. The molecular weight excluding hydrogens is 306 g/mol. The van der Waals surface area contributed by atoms with Crippen LogP contribution in [0.25, 0.3) is 0 Å². The summed E-state index contributed by atoms with van der Waals surface area (Å²) in [5, 5.41) is 16.2. The zero-order valence-electron chi connectivity index (χ0n) is 13.9. The minimum absolute atomic E-state index is 0.128. The number of carbonyl (C=O) groups excluding carboxylic acids is 1. The molecule has 0 spiro atoms. The summed E-state index contributed by atoms with van der Waals surface area (Å²) in [7, 11) is 1.90. The van der Waals surface area contributed by atoms with Crippen molar-refractivity contribution >= 4 is 5.91 Å². The molecule has 0 aromatic carbocycles. The zero-order valence-corrected chi connectivity index (χ0v) is 13.9. The van der Waals surface area contributed by atoms with E-state index in [0.29, 0.717) is 17.9 Å². The Labute approximate surface area is 140 Å². The van der Waals surface area contributed by atoms with E-state index in [1.807, 2.05) is 31.6 Å². The van der Waals surface area contributed by atoms with Gasteiger partial charge in [-0.2, -0.15) is 10.4 Å². The van der Waals surface area contributed by atoms with Crippen molar-refractivity contribution in [3.8, 4) is 6.07 Å². The van der Waals surface area contributed by atoms with E-state index >= 15 is 0 Å². The maximum absolute atomic E-state index is 12.4. The van der Waals surface area contributed by atoms with Crippen LogP contribution in [0.3, 0.4) is 0 Å². The Morgan fingerprint density at radius 2 is 2.25 bits per heavy atom. The van der Waals surface area contributed by atoms with E-state index in [0.717, 1.165) is 23.4 Å². The van der Waals surface area contributed by atoms with Crippen molar-refractivity contribution in [2.24, 2.45) is 7.05 Å². The molecule has 1 amide bonds. The van der Waals surface area contributed by atoms with Crippen molar-refractivity contribution in [1.82, 2.24) is 20.1 Å². The van der Waals surface area contributed by atoms with Crippen molar-refractivity contribution in [3.63, 3.8) is 0 Å². The van der Waals surface area contributed by atoms with Gasteiger partial charge in [0, 0.05) is 31.1 Å². The summed E-state index contributed by atoms with van der Waals surface area (Å²) >= 11 is 0. The SMILES string of the molecule is Cc1nn(C)c(C)c1[C@H]1OCC[C@@H]1NC(=O)c1ccc(C#N)cn1. The number of ether oxygens (including phenoxy) is 1. The van der Waals surface area contributed by atoms with Crippen LogP contribution in [0.2, 0.25) is 0 Å². The minimum atomic E-state index is -0.265. The molecule has 0 unspecified atom stereocenters. The van der Waals surface area contributed by atoms with Crippen molar-refractivity contribution in [2.45, 2.75) is 32.4 Å². The third-order valence-electron chi connectivity index (χ3n) is 4.38. The van der Waals surface area contributed by atoms with Gasteiger partial charge in [0.25, 0.3) is 5.91 Å². The first-order valence-corrected chi connectivity index (χ1v) is 7.80. The second-order valence-electron chi connectivity index (χ2n) is 5.91. The van der Waals surface area contributed by atoms with Crippen LogP contribution in [-0.2, 0) is 11.8 Å². The van der Waals surface area contributed by atoms with E-state index in [1.54, 1.807) is 12.1 Å². The number of hydrogen-bond donors (Lipinski definition) is 1. The van der Waals surface area contributed by atoms with Crippen LogP contribution in [0.5, 0.6) is 0 Å². The van der Waals surface area contributed by atoms with Crippen LogP contribution < -0.4 is 5.32 Å². The highest BCUT2D eigenvalue weighted by atomic mass is 16.5. The van der Waals surface area contributed by atoms with E-state index in [-0.39, 0.29) is 18.1 Å². The quantitative estimate of drug-likeness (QED) is 0.924. The highest BCUT2D eigenvalue weighted by Crippen LogP contribution is 2.33. The van der Waals surface area contributed by atoms with Gasteiger partial charge in [0.2, 0.25) is 0 Å². The molecule has 0 bridgehead atoms. The molecule has 1 N–H and O–H groups in total. The van der Waals surface area contributed by atoms with Crippen LogP contribution in [0.4, 0.5) is 0 Å². The number of hydrogen-bond acceptors (Lipinski definition) is 5. The van der Waals surface area contributed by atoms with Crippen LogP contribution in [-0.4, -0.2) is 33.3 Å². The Bertz CT molecular complexity index is 804. The van der Waals surface area contributed by atoms with Gasteiger partial charge in [-0.15, -0.1) is 0 Å². The maximum atomic E-state index is 12.4. The fourth-order valence-corrected chi connectivity index (χ4v) is 3.06. The Kier molecular flexibility index (Phi) is 4.32. The number of aromatic nitrogens is 3. The van der Waals surface area contributed by atoms with E-state index in [1.165, 1.54) is 6.20 Å². The van der Waals surface area contributed by atoms with Crippen molar-refractivity contribution in [3.05, 3.63) is 46.5 Å². The molecule has 124 valence electrons. The monoisotopic (exact) mass is 325 g/mol. The summed E-state index contributed by atoms with van der Waals surface area (Å²) in [6.45, 7) is 4.54. The topological polar surface area (TPSA) is 92.8 Å². The van der Waals surface area contributed by atoms with Crippen LogP contribution in [0.1, 0.15) is 45.5 Å². The van der Waals surface area contributed by atoms with Gasteiger partial charge in [-0.05, 0) is 32.4 Å². The van der Waals surface area contributed by atoms with E-state index < -0.39 is 0 Å².